The van der Waals surface area contributed by atoms with Crippen molar-refractivity contribution in [2.45, 2.75) is 39.7 Å². The molecule has 0 radical (unpaired) electrons. The predicted octanol–water partition coefficient (Wildman–Crippen LogP) is 2.18. The van der Waals surface area contributed by atoms with E-state index < -0.39 is 23.4 Å². The van der Waals surface area contributed by atoms with Gasteiger partial charge in [0.1, 0.15) is 12.1 Å². The van der Waals surface area contributed by atoms with Gasteiger partial charge in [-0.3, -0.25) is 19.3 Å². The van der Waals surface area contributed by atoms with E-state index in [1.807, 2.05) is 13.8 Å². The number of urea groups is 1. The lowest BCUT2D eigenvalue weighted by atomic mass is 9.91. The Morgan fingerprint density at radius 2 is 1.80 bits per heavy atom. The maximum atomic E-state index is 12.5. The van der Waals surface area contributed by atoms with Crippen molar-refractivity contribution in [3.8, 4) is 0 Å². The summed E-state index contributed by atoms with van der Waals surface area (Å²) in [6, 6.07) is 5.85. The van der Waals surface area contributed by atoms with Crippen molar-refractivity contribution < 1.29 is 19.2 Å². The molecule has 25 heavy (non-hydrogen) atoms. The summed E-state index contributed by atoms with van der Waals surface area (Å²) in [5.74, 6) is -0.717. The highest BCUT2D eigenvalue weighted by atomic mass is 16.2. The zero-order valence-corrected chi connectivity index (χ0v) is 14.9. The molecular formula is C18H23N3O4. The molecule has 0 bridgehead atoms. The quantitative estimate of drug-likeness (QED) is 0.610. The van der Waals surface area contributed by atoms with Crippen LogP contribution in [0.2, 0.25) is 0 Å². The first-order chi connectivity index (χ1) is 11.6. The summed E-state index contributed by atoms with van der Waals surface area (Å²) in [4.78, 5) is 48.9. The van der Waals surface area contributed by atoms with Crippen molar-refractivity contribution in [2.24, 2.45) is 5.92 Å². The molecule has 7 heteroatoms. The van der Waals surface area contributed by atoms with Crippen LogP contribution in [-0.2, 0) is 9.59 Å². The lowest BCUT2D eigenvalue weighted by Crippen LogP contribution is -2.45. The Morgan fingerprint density at radius 3 is 2.32 bits per heavy atom. The minimum absolute atomic E-state index is 0.0679. The van der Waals surface area contributed by atoms with Crippen molar-refractivity contribution in [3.05, 3.63) is 29.8 Å². The highest BCUT2D eigenvalue weighted by molar-refractivity contribution is 6.10. The largest absolute Gasteiger partial charge is 0.325 e. The van der Waals surface area contributed by atoms with Crippen molar-refractivity contribution in [1.82, 2.24) is 10.2 Å². The third-order valence-corrected chi connectivity index (χ3v) is 4.04. The van der Waals surface area contributed by atoms with Gasteiger partial charge in [-0.25, -0.2) is 4.79 Å². The van der Waals surface area contributed by atoms with E-state index in [4.69, 9.17) is 0 Å². The number of ketones is 1. The number of hydrogen-bond donors (Lipinski definition) is 2. The number of nitrogens with one attached hydrogen (secondary N) is 2. The third-order valence-electron chi connectivity index (χ3n) is 4.04. The molecule has 1 atom stereocenters. The molecule has 4 amide bonds. The van der Waals surface area contributed by atoms with Gasteiger partial charge in [0, 0.05) is 11.3 Å². The van der Waals surface area contributed by atoms with E-state index >= 15 is 0 Å². The Morgan fingerprint density at radius 1 is 1.20 bits per heavy atom. The molecule has 1 saturated heterocycles. The van der Waals surface area contributed by atoms with Gasteiger partial charge in [-0.15, -0.1) is 0 Å². The Labute approximate surface area is 146 Å². The van der Waals surface area contributed by atoms with Gasteiger partial charge in [-0.1, -0.05) is 13.8 Å². The van der Waals surface area contributed by atoms with Gasteiger partial charge in [-0.05, 0) is 50.5 Å². The van der Waals surface area contributed by atoms with Crippen LogP contribution in [0.25, 0.3) is 0 Å². The maximum absolute atomic E-state index is 12.5. The van der Waals surface area contributed by atoms with E-state index in [1.54, 1.807) is 31.2 Å². The number of carbonyl (C=O) groups excluding carboxylic acids is 4. The van der Waals surface area contributed by atoms with Gasteiger partial charge in [0.15, 0.2) is 5.78 Å². The first-order valence-electron chi connectivity index (χ1n) is 8.17. The summed E-state index contributed by atoms with van der Waals surface area (Å²) in [6.07, 6.45) is 0.502. The summed E-state index contributed by atoms with van der Waals surface area (Å²) < 4.78 is 0. The second kappa shape index (κ2) is 7.04. The van der Waals surface area contributed by atoms with Crippen molar-refractivity contribution in [1.29, 1.82) is 0 Å². The lowest BCUT2D eigenvalue weighted by molar-refractivity contribution is -0.133. The maximum Gasteiger partial charge on any atom is 0.325 e. The van der Waals surface area contributed by atoms with E-state index in [-0.39, 0.29) is 18.2 Å². The van der Waals surface area contributed by atoms with E-state index in [9.17, 15) is 19.2 Å². The van der Waals surface area contributed by atoms with Crippen LogP contribution in [0.1, 0.15) is 44.5 Å². The fourth-order valence-corrected chi connectivity index (χ4v) is 2.98. The zero-order valence-electron chi connectivity index (χ0n) is 14.9. The number of hydrogen-bond acceptors (Lipinski definition) is 4. The van der Waals surface area contributed by atoms with E-state index in [1.165, 1.54) is 6.92 Å². The highest BCUT2D eigenvalue weighted by Gasteiger charge is 2.48. The van der Waals surface area contributed by atoms with Crippen LogP contribution in [-0.4, -0.2) is 40.6 Å². The predicted molar refractivity (Wildman–Crippen MR) is 93.2 cm³/mol. The standard InChI is InChI=1S/C18H23N3O4/c1-11(2)9-18(4)16(24)21(17(25)20-18)10-15(23)19-14-7-5-13(6-8-14)12(3)22/h5-8,11H,9-10H2,1-4H3,(H,19,23)(H,20,25). The summed E-state index contributed by atoms with van der Waals surface area (Å²) in [5, 5.41) is 5.29. The normalized spacial score (nSPS) is 20.0. The molecule has 1 heterocycles. The van der Waals surface area contributed by atoms with Crippen LogP contribution in [0.5, 0.6) is 0 Å². The molecule has 2 rings (SSSR count). The molecule has 0 saturated carbocycles. The number of rotatable bonds is 6. The van der Waals surface area contributed by atoms with Crippen LogP contribution < -0.4 is 10.6 Å². The minimum Gasteiger partial charge on any atom is -0.325 e. The number of nitrogens with zero attached hydrogens (tertiary/aromatic N) is 1. The molecule has 1 fully saturated rings. The topological polar surface area (TPSA) is 95.6 Å². The molecule has 1 aromatic rings. The monoisotopic (exact) mass is 345 g/mol. The van der Waals surface area contributed by atoms with Crippen molar-refractivity contribution in [2.75, 3.05) is 11.9 Å². The lowest BCUT2D eigenvalue weighted by Gasteiger charge is -2.23. The second-order valence-corrected chi connectivity index (χ2v) is 6.93. The molecule has 1 aliphatic heterocycles. The van der Waals surface area contributed by atoms with Gasteiger partial charge in [0.25, 0.3) is 5.91 Å². The number of carbonyl (C=O) groups is 4. The van der Waals surface area contributed by atoms with E-state index in [2.05, 4.69) is 10.6 Å². The summed E-state index contributed by atoms with van der Waals surface area (Å²) >= 11 is 0. The fourth-order valence-electron chi connectivity index (χ4n) is 2.98. The molecular weight excluding hydrogens is 322 g/mol. The summed E-state index contributed by atoms with van der Waals surface area (Å²) in [5.41, 5.74) is 0.0535. The molecule has 1 aliphatic rings. The average molecular weight is 345 g/mol. The van der Waals surface area contributed by atoms with Crippen LogP contribution in [0, 0.1) is 5.92 Å². The number of anilines is 1. The molecule has 0 aliphatic carbocycles. The second-order valence-electron chi connectivity index (χ2n) is 6.93. The Balaban J connectivity index is 2.01. The summed E-state index contributed by atoms with van der Waals surface area (Å²) in [7, 11) is 0. The van der Waals surface area contributed by atoms with Gasteiger partial charge in [-0.2, -0.15) is 0 Å². The van der Waals surface area contributed by atoms with Gasteiger partial charge in [0.05, 0.1) is 0 Å². The van der Waals surface area contributed by atoms with E-state index in [0.717, 1.165) is 4.90 Å². The minimum atomic E-state index is -0.978. The van der Waals surface area contributed by atoms with Crippen LogP contribution >= 0.6 is 0 Å². The van der Waals surface area contributed by atoms with Crippen LogP contribution in [0.3, 0.4) is 0 Å². The number of amides is 4. The van der Waals surface area contributed by atoms with Crippen molar-refractivity contribution in [3.63, 3.8) is 0 Å². The van der Waals surface area contributed by atoms with Gasteiger partial charge < -0.3 is 10.6 Å². The number of benzene rings is 1. The van der Waals surface area contributed by atoms with Gasteiger partial charge >= 0.3 is 6.03 Å². The number of Topliss-reactive ketones (excluding diaryl/α,β-unsaturated/α-hetero) is 1. The molecule has 0 aromatic heterocycles. The highest BCUT2D eigenvalue weighted by Crippen LogP contribution is 2.24. The molecule has 7 nitrogen and oxygen atoms in total. The fraction of sp³-hybridized carbons (Fsp3) is 0.444. The molecule has 1 unspecified atom stereocenters. The van der Waals surface area contributed by atoms with Crippen LogP contribution in [0.15, 0.2) is 24.3 Å². The Kier molecular flexibility index (Phi) is 5.25. The Hall–Kier alpha value is -2.70. The number of imide groups is 1. The first-order valence-corrected chi connectivity index (χ1v) is 8.17. The molecule has 2 N–H and O–H groups in total. The zero-order chi connectivity index (χ0) is 18.8. The molecule has 1 aromatic carbocycles. The van der Waals surface area contributed by atoms with Gasteiger partial charge in [0.2, 0.25) is 5.91 Å². The third kappa shape index (κ3) is 4.23. The summed E-state index contributed by atoms with van der Waals surface area (Å²) in [6.45, 7) is 6.70. The van der Waals surface area contributed by atoms with E-state index in [0.29, 0.717) is 17.7 Å². The van der Waals surface area contributed by atoms with Crippen LogP contribution in [0.4, 0.5) is 10.5 Å². The first kappa shape index (κ1) is 18.6. The van der Waals surface area contributed by atoms with Crippen molar-refractivity contribution >= 4 is 29.3 Å². The Bertz CT molecular complexity index is 712. The molecule has 134 valence electrons. The smallest absolute Gasteiger partial charge is 0.325 e. The SMILES string of the molecule is CC(=O)c1ccc(NC(=O)CN2C(=O)NC(C)(CC(C)C)C2=O)cc1. The molecule has 0 spiro atoms. The average Bonchev–Trinajstić information content (AvgIpc) is 2.70.